The Morgan fingerprint density at radius 1 is 0.839 bits per heavy atom. The van der Waals surface area contributed by atoms with Crippen LogP contribution in [0.15, 0.2) is 66.9 Å². The van der Waals surface area contributed by atoms with Crippen LogP contribution in [-0.4, -0.2) is 106 Å². The number of hydrogen-bond acceptors (Lipinski definition) is 10. The van der Waals surface area contributed by atoms with Gasteiger partial charge in [-0.1, -0.05) is 75.3 Å². The van der Waals surface area contributed by atoms with Crippen LogP contribution in [0.4, 0.5) is 28.4 Å². The molecule has 3 aliphatic rings. The van der Waals surface area contributed by atoms with Crippen LogP contribution in [0.25, 0.3) is 33.5 Å². The number of aromatic amines is 1. The van der Waals surface area contributed by atoms with Gasteiger partial charge in [-0.05, 0) is 70.7 Å². The van der Waals surface area contributed by atoms with Crippen molar-refractivity contribution in [1.82, 2.24) is 35.6 Å². The van der Waals surface area contributed by atoms with E-state index in [0.29, 0.717) is 53.2 Å². The second-order valence-electron chi connectivity index (χ2n) is 16.5. The van der Waals surface area contributed by atoms with Crippen LogP contribution in [-0.2, 0) is 25.0 Å². The van der Waals surface area contributed by atoms with Gasteiger partial charge < -0.3 is 34.9 Å². The Labute approximate surface area is 356 Å². The predicted octanol–water partition coefficient (Wildman–Crippen LogP) is 7.20. The molecule has 7 rings (SSSR count). The summed E-state index contributed by atoms with van der Waals surface area (Å²) < 4.78 is 56.8. The van der Waals surface area contributed by atoms with Crippen molar-refractivity contribution in [2.75, 3.05) is 32.7 Å². The number of amides is 4. The van der Waals surface area contributed by atoms with E-state index in [0.717, 1.165) is 10.7 Å². The fourth-order valence-corrected chi connectivity index (χ4v) is 8.48. The first kappa shape index (κ1) is 43.9. The number of carbonyl (C=O) groups is 4. The molecule has 0 saturated carbocycles. The highest BCUT2D eigenvalue weighted by Gasteiger charge is 2.46. The maximum atomic E-state index is 16.3. The third kappa shape index (κ3) is 8.53. The van der Waals surface area contributed by atoms with Gasteiger partial charge in [-0.25, -0.2) is 19.0 Å². The van der Waals surface area contributed by atoms with Crippen LogP contribution in [0, 0.1) is 11.8 Å². The molecule has 5 atom stereocenters. The number of ether oxygens (including phenoxy) is 2. The number of likely N-dealkylation sites (tertiary alicyclic amines) is 2. The highest BCUT2D eigenvalue weighted by Crippen LogP contribution is 2.52. The zero-order valence-electron chi connectivity index (χ0n) is 35.2. The van der Waals surface area contributed by atoms with Crippen LogP contribution in [0.2, 0.25) is 0 Å². The number of benzene rings is 3. The summed E-state index contributed by atoms with van der Waals surface area (Å²) in [6.45, 7) is 7.28. The predicted molar refractivity (Wildman–Crippen MR) is 222 cm³/mol. The van der Waals surface area contributed by atoms with Gasteiger partial charge in [0.1, 0.15) is 30.2 Å². The third-order valence-corrected chi connectivity index (χ3v) is 11.8. The largest absolute Gasteiger partial charge is 0.453 e. The number of H-pyrrole nitrogens is 1. The van der Waals surface area contributed by atoms with Gasteiger partial charge in [-0.15, -0.1) is 0 Å². The summed E-state index contributed by atoms with van der Waals surface area (Å²) in [5.41, 5.74) is 5.87. The number of halogens is 3. The molecule has 4 amide bonds. The number of nitrogens with zero attached hydrogens (tertiary/aromatic N) is 4. The van der Waals surface area contributed by atoms with Crippen molar-refractivity contribution >= 4 is 29.7 Å². The van der Waals surface area contributed by atoms with E-state index in [4.69, 9.17) is 0 Å². The molecule has 0 spiro atoms. The maximum Gasteiger partial charge on any atom is 0.407 e. The van der Waals surface area contributed by atoms with Crippen LogP contribution in [0.5, 0.6) is 0 Å². The van der Waals surface area contributed by atoms with Crippen molar-refractivity contribution in [2.45, 2.75) is 83.3 Å². The highest BCUT2D eigenvalue weighted by molar-refractivity contribution is 5.88. The van der Waals surface area contributed by atoms with Gasteiger partial charge in [-0.2, -0.15) is 8.78 Å². The minimum absolute atomic E-state index is 0.0322. The first-order valence-electron chi connectivity index (χ1n) is 20.5. The number of alkyl carbamates (subject to hydrolysis) is 2. The number of imidazole rings is 1. The summed E-state index contributed by atoms with van der Waals surface area (Å²) in [4.78, 5) is 61.5. The van der Waals surface area contributed by atoms with E-state index >= 15 is 8.78 Å². The number of fused-ring (bicyclic) bond motifs is 3. The number of methoxy groups -OCH3 is 2. The van der Waals surface area contributed by atoms with Crippen LogP contribution < -0.4 is 16.1 Å². The Bertz CT molecular complexity index is 2320. The molecular formula is C44H51F3N8O7. The van der Waals surface area contributed by atoms with Crippen molar-refractivity contribution in [3.8, 4) is 33.5 Å². The number of hydroxylamine groups is 1. The molecular weight excluding hydrogens is 810 g/mol. The molecule has 330 valence electrons. The van der Waals surface area contributed by atoms with Gasteiger partial charge in [-0.3, -0.25) is 20.2 Å². The third-order valence-electron chi connectivity index (χ3n) is 11.8. The van der Waals surface area contributed by atoms with Crippen LogP contribution in [0.3, 0.4) is 0 Å². The van der Waals surface area contributed by atoms with Crippen molar-refractivity contribution in [3.63, 3.8) is 0 Å². The molecule has 4 aromatic rings. The van der Waals surface area contributed by atoms with E-state index in [-0.39, 0.29) is 41.6 Å². The maximum absolute atomic E-state index is 16.3. The second-order valence-corrected chi connectivity index (χ2v) is 16.5. The molecule has 2 saturated heterocycles. The number of aromatic nitrogens is 2. The fraction of sp³-hybridized carbons (Fsp3) is 0.432. The zero-order chi connectivity index (χ0) is 44.6. The van der Waals surface area contributed by atoms with Crippen molar-refractivity contribution in [1.29, 1.82) is 0 Å². The summed E-state index contributed by atoms with van der Waals surface area (Å²) in [7, 11) is 2.40. The number of rotatable bonds is 12. The SMILES string of the molecule is COC(=O)N[C@H](C(=O)N1C[C@@H](F)C[C@H]1c1ncc(-c2ccc(-c3ccc4c(c3)C(F)(F)c3cc(NN(O)[C@@H]5CCCN5C(=O)[C@@H](NC(=O)OC)C(C)C)ccc3-4)cc2)[nH]1)C(C)C. The smallest absolute Gasteiger partial charge is 0.407 e. The van der Waals surface area contributed by atoms with Gasteiger partial charge in [0.05, 0.1) is 44.4 Å². The average Bonchev–Trinajstić information content (AvgIpc) is 4.07. The Morgan fingerprint density at radius 3 is 2.02 bits per heavy atom. The molecule has 1 aromatic heterocycles. The first-order chi connectivity index (χ1) is 29.5. The molecule has 62 heavy (non-hydrogen) atoms. The molecule has 2 aliphatic heterocycles. The van der Waals surface area contributed by atoms with E-state index < -0.39 is 60.4 Å². The van der Waals surface area contributed by atoms with Crippen molar-refractivity contribution in [2.24, 2.45) is 11.8 Å². The van der Waals surface area contributed by atoms with Crippen molar-refractivity contribution in [3.05, 3.63) is 83.8 Å². The Balaban J connectivity index is 1.04. The lowest BCUT2D eigenvalue weighted by molar-refractivity contribution is -0.164. The standard InChI is InChI=1S/C44H51F3N8O7/c1-23(2)37(50-42(58)61-5)40(56)53-17-7-8-36(53)55(60)52-29-14-16-31-30-15-13-27(18-32(30)44(46,47)33(31)20-29)25-9-11-26(12-10-25)34-21-48-39(49-34)35-19-28(45)22-54(35)41(57)38(24(3)4)51-43(59)62-6/h9-16,18,20-21,23-24,28,35-38,52,60H,7-8,17,19,22H2,1-6H3,(H,48,49)(H,50,58)(H,51,59)/t28-,35-,36+,37-,38-/m0/s1. The molecule has 0 unspecified atom stereocenters. The quantitative estimate of drug-likeness (QED) is 0.0914. The Morgan fingerprint density at radius 2 is 1.40 bits per heavy atom. The number of alkyl halides is 3. The summed E-state index contributed by atoms with van der Waals surface area (Å²) in [6.07, 6.45) is -1.02. The number of hydrazine groups is 1. The van der Waals surface area contributed by atoms with Crippen LogP contribution in [0.1, 0.15) is 70.0 Å². The lowest BCUT2D eigenvalue weighted by atomic mass is 9.97. The number of anilines is 1. The van der Waals surface area contributed by atoms with E-state index in [1.165, 1.54) is 36.2 Å². The van der Waals surface area contributed by atoms with Gasteiger partial charge in [0, 0.05) is 24.1 Å². The molecule has 3 heterocycles. The Hall–Kier alpha value is -6.14. The molecule has 5 N–H and O–H groups in total. The molecule has 3 aromatic carbocycles. The summed E-state index contributed by atoms with van der Waals surface area (Å²) in [5, 5.41) is 17.0. The monoisotopic (exact) mass is 860 g/mol. The molecule has 2 fully saturated rings. The molecule has 0 radical (unpaired) electrons. The minimum atomic E-state index is -3.37. The second kappa shape index (κ2) is 17.7. The van der Waals surface area contributed by atoms with E-state index in [9.17, 15) is 28.8 Å². The van der Waals surface area contributed by atoms with Gasteiger partial charge in [0.25, 0.3) is 5.92 Å². The number of carbonyl (C=O) groups excluding carboxylic acids is 4. The van der Waals surface area contributed by atoms with Gasteiger partial charge in [0.2, 0.25) is 11.8 Å². The van der Waals surface area contributed by atoms with Gasteiger partial charge >= 0.3 is 12.2 Å². The summed E-state index contributed by atoms with van der Waals surface area (Å²) >= 11 is 0. The lowest BCUT2D eigenvalue weighted by Crippen LogP contribution is -2.56. The molecule has 1 aliphatic carbocycles. The average molecular weight is 861 g/mol. The number of nitrogens with one attached hydrogen (secondary N) is 4. The van der Waals surface area contributed by atoms with E-state index in [1.54, 1.807) is 70.3 Å². The minimum Gasteiger partial charge on any atom is -0.453 e. The normalized spacial score (nSPS) is 19.9. The van der Waals surface area contributed by atoms with E-state index in [2.05, 4.69) is 35.5 Å². The zero-order valence-corrected chi connectivity index (χ0v) is 35.2. The summed E-state index contributed by atoms with van der Waals surface area (Å²) in [6, 6.07) is 14.1. The highest BCUT2D eigenvalue weighted by atomic mass is 19.3. The summed E-state index contributed by atoms with van der Waals surface area (Å²) in [5.74, 6) is -4.38. The number of hydrogen-bond donors (Lipinski definition) is 5. The first-order valence-corrected chi connectivity index (χ1v) is 20.5. The molecule has 15 nitrogen and oxygen atoms in total. The lowest BCUT2D eigenvalue weighted by Gasteiger charge is -2.34. The molecule has 18 heteroatoms. The van der Waals surface area contributed by atoms with E-state index in [1.807, 2.05) is 12.1 Å². The topological polar surface area (TPSA) is 181 Å². The Kier molecular flexibility index (Phi) is 12.5. The fourth-order valence-electron chi connectivity index (χ4n) is 8.48. The van der Waals surface area contributed by atoms with Gasteiger partial charge in [0.15, 0.2) is 0 Å². The van der Waals surface area contributed by atoms with Crippen molar-refractivity contribution < 1.29 is 47.0 Å². The molecule has 0 bridgehead atoms. The van der Waals surface area contributed by atoms with Crippen LogP contribution >= 0.6 is 0 Å².